The summed E-state index contributed by atoms with van der Waals surface area (Å²) < 4.78 is 20.1. The highest BCUT2D eigenvalue weighted by molar-refractivity contribution is 6.03. The third kappa shape index (κ3) is 4.07. The molecule has 8 heteroatoms. The number of carbonyl (C=O) groups excluding carboxylic acids is 3. The van der Waals surface area contributed by atoms with Crippen LogP contribution in [-0.2, 0) is 19.1 Å². The first-order chi connectivity index (χ1) is 18.2. The molecule has 3 amide bonds. The molecule has 2 saturated carbocycles. The number of amides is 3. The van der Waals surface area contributed by atoms with Crippen molar-refractivity contribution in [2.45, 2.75) is 101 Å². The van der Waals surface area contributed by atoms with Gasteiger partial charge in [-0.1, -0.05) is 38.3 Å². The van der Waals surface area contributed by atoms with E-state index < -0.39 is 34.9 Å². The monoisotopic (exact) mass is 523 g/mol. The van der Waals surface area contributed by atoms with Gasteiger partial charge < -0.3 is 20.3 Å². The number of likely N-dealkylation sites (tertiary alicyclic amines) is 1. The largest absolute Gasteiger partial charge is 0.356 e. The van der Waals surface area contributed by atoms with E-state index in [1.165, 1.54) is 30.7 Å². The van der Waals surface area contributed by atoms with Gasteiger partial charge in [0.25, 0.3) is 0 Å². The van der Waals surface area contributed by atoms with Crippen molar-refractivity contribution in [2.24, 2.45) is 17.8 Å². The van der Waals surface area contributed by atoms with E-state index in [0.717, 1.165) is 51.4 Å². The molecule has 5 atom stereocenters. The van der Waals surface area contributed by atoms with Crippen LogP contribution >= 0.6 is 0 Å². The molecule has 38 heavy (non-hydrogen) atoms. The second-order valence-electron chi connectivity index (χ2n) is 12.3. The van der Waals surface area contributed by atoms with Crippen LogP contribution in [0.25, 0.3) is 0 Å². The fraction of sp³-hybridized carbons (Fsp3) is 0.633. The van der Waals surface area contributed by atoms with Gasteiger partial charge in [-0.3, -0.25) is 14.4 Å². The molecule has 3 heterocycles. The SMILES string of the molecule is CC1CCC(N2C(=O)[C@@H]3C(C(=O)Nc4ccc(F)cc4)[C@]4(C)C=CC3(O4)C2C(=O)NC2CCCCC2)CC1. The zero-order valence-electron chi connectivity index (χ0n) is 22.3. The smallest absolute Gasteiger partial charge is 0.246 e. The number of ether oxygens (including phenoxy) is 1. The van der Waals surface area contributed by atoms with Crippen molar-refractivity contribution in [3.05, 3.63) is 42.2 Å². The van der Waals surface area contributed by atoms with Crippen LogP contribution in [0.3, 0.4) is 0 Å². The molecule has 4 fully saturated rings. The summed E-state index contributed by atoms with van der Waals surface area (Å²) in [6.07, 6.45) is 12.7. The number of nitrogens with zero attached hydrogens (tertiary/aromatic N) is 1. The van der Waals surface area contributed by atoms with Crippen molar-refractivity contribution >= 4 is 23.4 Å². The predicted molar refractivity (Wildman–Crippen MR) is 140 cm³/mol. The Bertz CT molecular complexity index is 1140. The molecular weight excluding hydrogens is 485 g/mol. The summed E-state index contributed by atoms with van der Waals surface area (Å²) in [5.74, 6) is -2.08. The summed E-state index contributed by atoms with van der Waals surface area (Å²) in [4.78, 5) is 43.9. The topological polar surface area (TPSA) is 87.7 Å². The minimum absolute atomic E-state index is 0.0505. The van der Waals surface area contributed by atoms with Gasteiger partial charge in [0.1, 0.15) is 17.5 Å². The fourth-order valence-electron chi connectivity index (χ4n) is 7.76. The number of benzene rings is 1. The Morgan fingerprint density at radius 3 is 2.34 bits per heavy atom. The summed E-state index contributed by atoms with van der Waals surface area (Å²) in [5, 5.41) is 6.14. The third-order valence-corrected chi connectivity index (χ3v) is 9.71. The minimum Gasteiger partial charge on any atom is -0.356 e. The van der Waals surface area contributed by atoms with Gasteiger partial charge in [0.05, 0.1) is 17.4 Å². The number of hydrogen-bond acceptors (Lipinski definition) is 4. The van der Waals surface area contributed by atoms with Crippen molar-refractivity contribution in [1.29, 1.82) is 0 Å². The lowest BCUT2D eigenvalue weighted by Gasteiger charge is -2.40. The molecule has 2 bridgehead atoms. The second-order valence-corrected chi connectivity index (χ2v) is 12.3. The Morgan fingerprint density at radius 1 is 0.974 bits per heavy atom. The molecule has 3 aliphatic heterocycles. The molecule has 5 aliphatic rings. The van der Waals surface area contributed by atoms with Crippen molar-refractivity contribution in [2.75, 3.05) is 5.32 Å². The van der Waals surface area contributed by atoms with E-state index in [1.807, 2.05) is 19.1 Å². The maximum atomic E-state index is 14.3. The summed E-state index contributed by atoms with van der Waals surface area (Å²) in [5.41, 5.74) is -1.74. The highest BCUT2D eigenvalue weighted by Gasteiger charge is 2.76. The van der Waals surface area contributed by atoms with E-state index in [-0.39, 0.29) is 29.8 Å². The van der Waals surface area contributed by atoms with Crippen molar-refractivity contribution < 1.29 is 23.5 Å². The quantitative estimate of drug-likeness (QED) is 0.563. The highest BCUT2D eigenvalue weighted by atomic mass is 19.1. The van der Waals surface area contributed by atoms with E-state index in [0.29, 0.717) is 11.6 Å². The number of hydrogen-bond donors (Lipinski definition) is 2. The first-order valence-corrected chi connectivity index (χ1v) is 14.3. The van der Waals surface area contributed by atoms with Crippen LogP contribution < -0.4 is 10.6 Å². The van der Waals surface area contributed by atoms with Gasteiger partial charge in [0.15, 0.2) is 0 Å². The van der Waals surface area contributed by atoms with Gasteiger partial charge in [-0.15, -0.1) is 0 Å². The number of carbonyl (C=O) groups is 3. The zero-order chi connectivity index (χ0) is 26.7. The normalized spacial score (nSPS) is 38.3. The zero-order valence-corrected chi connectivity index (χ0v) is 22.3. The average molecular weight is 524 g/mol. The fourth-order valence-corrected chi connectivity index (χ4v) is 7.76. The summed E-state index contributed by atoms with van der Waals surface area (Å²) >= 11 is 0. The summed E-state index contributed by atoms with van der Waals surface area (Å²) in [7, 11) is 0. The van der Waals surface area contributed by atoms with E-state index in [4.69, 9.17) is 4.74 Å². The minimum atomic E-state index is -1.18. The molecule has 204 valence electrons. The number of nitrogens with one attached hydrogen (secondary N) is 2. The molecule has 7 nitrogen and oxygen atoms in total. The molecule has 2 aliphatic carbocycles. The van der Waals surface area contributed by atoms with Gasteiger partial charge in [-0.05, 0) is 75.6 Å². The number of fused-ring (bicyclic) bond motifs is 1. The van der Waals surface area contributed by atoms with E-state index in [2.05, 4.69) is 17.6 Å². The molecule has 6 rings (SSSR count). The molecule has 2 N–H and O–H groups in total. The van der Waals surface area contributed by atoms with Crippen LogP contribution in [0.5, 0.6) is 0 Å². The van der Waals surface area contributed by atoms with E-state index >= 15 is 0 Å². The Hall–Kier alpha value is -2.74. The van der Waals surface area contributed by atoms with Crippen LogP contribution in [0.2, 0.25) is 0 Å². The number of rotatable bonds is 5. The van der Waals surface area contributed by atoms with Gasteiger partial charge in [-0.25, -0.2) is 4.39 Å². The molecular formula is C30H38FN3O4. The lowest BCUT2D eigenvalue weighted by molar-refractivity contribution is -0.147. The molecule has 1 spiro atoms. The molecule has 3 unspecified atom stereocenters. The number of anilines is 1. The van der Waals surface area contributed by atoms with Crippen LogP contribution in [0.1, 0.15) is 71.6 Å². The Morgan fingerprint density at radius 2 is 1.66 bits per heavy atom. The van der Waals surface area contributed by atoms with E-state index in [1.54, 1.807) is 4.90 Å². The highest BCUT2D eigenvalue weighted by Crippen LogP contribution is 2.60. The Kier molecular flexibility index (Phi) is 6.36. The van der Waals surface area contributed by atoms with Crippen LogP contribution in [0.15, 0.2) is 36.4 Å². The van der Waals surface area contributed by atoms with Gasteiger partial charge in [0.2, 0.25) is 17.7 Å². The van der Waals surface area contributed by atoms with Crippen molar-refractivity contribution in [3.63, 3.8) is 0 Å². The first-order valence-electron chi connectivity index (χ1n) is 14.3. The van der Waals surface area contributed by atoms with Crippen molar-refractivity contribution in [3.8, 4) is 0 Å². The molecule has 0 radical (unpaired) electrons. The van der Waals surface area contributed by atoms with Gasteiger partial charge >= 0.3 is 0 Å². The molecule has 1 aromatic rings. The van der Waals surface area contributed by atoms with Crippen molar-refractivity contribution in [1.82, 2.24) is 10.2 Å². The summed E-state index contributed by atoms with van der Waals surface area (Å²) in [6, 6.07) is 4.82. The van der Waals surface area contributed by atoms with Crippen LogP contribution in [0, 0.1) is 23.6 Å². The van der Waals surface area contributed by atoms with Gasteiger partial charge in [0, 0.05) is 17.8 Å². The molecule has 2 saturated heterocycles. The molecule has 1 aromatic carbocycles. The predicted octanol–water partition coefficient (Wildman–Crippen LogP) is 4.33. The van der Waals surface area contributed by atoms with E-state index in [9.17, 15) is 18.8 Å². The van der Waals surface area contributed by atoms with Gasteiger partial charge in [-0.2, -0.15) is 0 Å². The number of halogens is 1. The maximum absolute atomic E-state index is 14.3. The van der Waals surface area contributed by atoms with Crippen LogP contribution in [-0.4, -0.2) is 51.9 Å². The first kappa shape index (κ1) is 25.5. The Balaban J connectivity index is 1.34. The standard InChI is InChI=1S/C30H38FN3O4/c1-18-8-14-22(15-9-18)34-25(27(36)33-20-6-4-3-5-7-20)30-17-16-29(2,38-30)23(24(30)28(34)37)26(35)32-21-12-10-19(31)11-13-21/h10-13,16-18,20,22-25H,3-9,14-15H2,1-2H3,(H,32,35)(H,33,36)/t18?,22?,23?,24-,25?,29-,30?/m0/s1. The summed E-state index contributed by atoms with van der Waals surface area (Å²) in [6.45, 7) is 4.05. The lowest BCUT2D eigenvalue weighted by atomic mass is 9.70. The second kappa shape index (κ2) is 9.47. The third-order valence-electron chi connectivity index (χ3n) is 9.71. The average Bonchev–Trinajstić information content (AvgIpc) is 3.47. The Labute approximate surface area is 223 Å². The molecule has 0 aromatic heterocycles. The van der Waals surface area contributed by atoms with Crippen LogP contribution in [0.4, 0.5) is 10.1 Å². The maximum Gasteiger partial charge on any atom is 0.246 e. The lowest BCUT2D eigenvalue weighted by Crippen LogP contribution is -2.59.